The molecular weight excluding hydrogens is 257 g/mol. The molecule has 1 heterocycles. The van der Waals surface area contributed by atoms with Crippen molar-refractivity contribution in [1.29, 1.82) is 0 Å². The maximum atomic E-state index is 13.3. The van der Waals surface area contributed by atoms with Crippen LogP contribution in [-0.2, 0) is 0 Å². The summed E-state index contributed by atoms with van der Waals surface area (Å²) >= 11 is 0. The van der Waals surface area contributed by atoms with Gasteiger partial charge in [-0.2, -0.15) is 13.8 Å². The molecule has 0 unspecified atom stereocenters. The molecule has 2 rings (SSSR count). The summed E-state index contributed by atoms with van der Waals surface area (Å²) in [6, 6.07) is 7.21. The van der Waals surface area contributed by atoms with Crippen molar-refractivity contribution >= 4 is 11.6 Å². The van der Waals surface area contributed by atoms with Crippen LogP contribution in [0.1, 0.15) is 15.9 Å². The molecule has 1 N–H and O–H groups in total. The molecule has 98 valence electrons. The van der Waals surface area contributed by atoms with Gasteiger partial charge in [-0.1, -0.05) is 17.7 Å². The number of aryl methyl sites for hydroxylation is 1. The van der Waals surface area contributed by atoms with Gasteiger partial charge >= 0.3 is 0 Å². The lowest BCUT2D eigenvalue weighted by Crippen LogP contribution is -2.16. The van der Waals surface area contributed by atoms with Crippen LogP contribution in [0.3, 0.4) is 0 Å². The lowest BCUT2D eigenvalue weighted by molar-refractivity contribution is 0.102. The zero-order valence-corrected chi connectivity index (χ0v) is 9.88. The van der Waals surface area contributed by atoms with E-state index in [2.05, 4.69) is 10.3 Å². The Morgan fingerprint density at radius 3 is 2.42 bits per heavy atom. The van der Waals surface area contributed by atoms with Gasteiger partial charge in [-0.3, -0.25) is 4.79 Å². The molecule has 1 aromatic heterocycles. The fourth-order valence-electron chi connectivity index (χ4n) is 1.47. The molecule has 19 heavy (non-hydrogen) atoms. The number of anilines is 1. The fraction of sp³-hybridized carbons (Fsp3) is 0.0769. The summed E-state index contributed by atoms with van der Waals surface area (Å²) in [7, 11) is 0. The highest BCUT2D eigenvalue weighted by Gasteiger charge is 2.18. The number of benzene rings is 1. The minimum absolute atomic E-state index is 0.396. The molecule has 0 spiro atoms. The number of aromatic nitrogens is 1. The van der Waals surface area contributed by atoms with E-state index < -0.39 is 29.2 Å². The van der Waals surface area contributed by atoms with Crippen LogP contribution in [-0.4, -0.2) is 10.9 Å². The Labute approximate surface area is 107 Å². The van der Waals surface area contributed by atoms with Crippen molar-refractivity contribution < 1.29 is 18.0 Å². The molecule has 0 atom stereocenters. The second kappa shape index (κ2) is 5.09. The highest BCUT2D eigenvalue weighted by atomic mass is 19.2. The summed E-state index contributed by atoms with van der Waals surface area (Å²) in [5, 5.41) is 2.34. The van der Waals surface area contributed by atoms with E-state index >= 15 is 0 Å². The molecule has 1 aromatic carbocycles. The van der Waals surface area contributed by atoms with Crippen LogP contribution < -0.4 is 5.32 Å². The molecule has 0 aliphatic heterocycles. The van der Waals surface area contributed by atoms with E-state index in [4.69, 9.17) is 0 Å². The third-order valence-corrected chi connectivity index (χ3v) is 2.44. The lowest BCUT2D eigenvalue weighted by Gasteiger charge is -2.06. The maximum absolute atomic E-state index is 13.3. The van der Waals surface area contributed by atoms with Gasteiger partial charge in [0.05, 0.1) is 5.56 Å². The van der Waals surface area contributed by atoms with E-state index in [9.17, 15) is 18.0 Å². The van der Waals surface area contributed by atoms with Crippen molar-refractivity contribution in [1.82, 2.24) is 4.98 Å². The first kappa shape index (κ1) is 13.1. The molecule has 0 aliphatic rings. The lowest BCUT2D eigenvalue weighted by atomic mass is 10.2. The molecule has 0 fully saturated rings. The normalized spacial score (nSPS) is 10.3. The van der Waals surface area contributed by atoms with Crippen molar-refractivity contribution in [3.8, 4) is 0 Å². The Bertz CT molecular complexity index is 627. The second-order valence-electron chi connectivity index (χ2n) is 3.92. The van der Waals surface area contributed by atoms with Crippen LogP contribution in [0.2, 0.25) is 0 Å². The second-order valence-corrected chi connectivity index (χ2v) is 3.92. The third-order valence-electron chi connectivity index (χ3n) is 2.44. The SMILES string of the molecule is Cc1ccc(NC(=O)c2cc(F)nc(F)c2F)cc1. The number of amides is 1. The highest BCUT2D eigenvalue weighted by Crippen LogP contribution is 2.15. The number of carbonyl (C=O) groups is 1. The van der Waals surface area contributed by atoms with E-state index in [1.165, 1.54) is 0 Å². The van der Waals surface area contributed by atoms with Gasteiger partial charge < -0.3 is 5.32 Å². The molecule has 0 bridgehead atoms. The molecule has 2 aromatic rings. The van der Waals surface area contributed by atoms with Crippen molar-refractivity contribution in [2.24, 2.45) is 0 Å². The van der Waals surface area contributed by atoms with E-state index in [1.807, 2.05) is 6.92 Å². The summed E-state index contributed by atoms with van der Waals surface area (Å²) in [4.78, 5) is 14.4. The number of rotatable bonds is 2. The molecular formula is C13H9F3N2O. The number of nitrogens with zero attached hydrogens (tertiary/aromatic N) is 1. The van der Waals surface area contributed by atoms with E-state index in [-0.39, 0.29) is 0 Å². The van der Waals surface area contributed by atoms with Gasteiger partial charge in [0.1, 0.15) is 0 Å². The molecule has 1 amide bonds. The topological polar surface area (TPSA) is 42.0 Å². The quantitative estimate of drug-likeness (QED) is 0.849. The van der Waals surface area contributed by atoms with Crippen molar-refractivity contribution in [3.63, 3.8) is 0 Å². The summed E-state index contributed by atoms with van der Waals surface area (Å²) in [5.41, 5.74) is 0.642. The standard InChI is InChI=1S/C13H9F3N2O/c1-7-2-4-8(5-3-7)17-13(19)9-6-10(14)18-12(16)11(9)15/h2-6H,1H3,(H,17,19). The number of hydrogen-bond acceptors (Lipinski definition) is 2. The van der Waals surface area contributed by atoms with Crippen LogP contribution in [0.5, 0.6) is 0 Å². The van der Waals surface area contributed by atoms with Gasteiger partial charge in [0.2, 0.25) is 5.95 Å². The Kier molecular flexibility index (Phi) is 3.50. The third kappa shape index (κ3) is 2.90. The minimum atomic E-state index is -1.64. The van der Waals surface area contributed by atoms with E-state index in [0.717, 1.165) is 5.56 Å². The number of nitrogens with one attached hydrogen (secondary N) is 1. The predicted molar refractivity (Wildman–Crippen MR) is 63.2 cm³/mol. The monoisotopic (exact) mass is 266 g/mol. The Morgan fingerprint density at radius 1 is 1.16 bits per heavy atom. The highest BCUT2D eigenvalue weighted by molar-refractivity contribution is 6.04. The molecule has 0 saturated heterocycles. The van der Waals surface area contributed by atoms with Gasteiger partial charge in [0.15, 0.2) is 5.82 Å². The summed E-state index contributed by atoms with van der Waals surface area (Å²) < 4.78 is 39.1. The largest absolute Gasteiger partial charge is 0.322 e. The van der Waals surface area contributed by atoms with Crippen LogP contribution >= 0.6 is 0 Å². The maximum Gasteiger partial charge on any atom is 0.258 e. The molecule has 0 radical (unpaired) electrons. The summed E-state index contributed by atoms with van der Waals surface area (Å²) in [5.74, 6) is -5.32. The molecule has 0 saturated carbocycles. The van der Waals surface area contributed by atoms with Crippen LogP contribution in [0.4, 0.5) is 18.9 Å². The smallest absolute Gasteiger partial charge is 0.258 e. The van der Waals surface area contributed by atoms with Crippen molar-refractivity contribution in [3.05, 3.63) is 59.2 Å². The van der Waals surface area contributed by atoms with E-state index in [1.54, 1.807) is 24.3 Å². The van der Waals surface area contributed by atoms with Gasteiger partial charge in [-0.05, 0) is 19.1 Å². The van der Waals surface area contributed by atoms with Crippen LogP contribution in [0.15, 0.2) is 30.3 Å². The number of carbonyl (C=O) groups excluding carboxylic acids is 1. The Hall–Kier alpha value is -2.37. The zero-order chi connectivity index (χ0) is 14.0. The Balaban J connectivity index is 2.27. The number of halogens is 3. The molecule has 3 nitrogen and oxygen atoms in total. The van der Waals surface area contributed by atoms with Gasteiger partial charge in [0.25, 0.3) is 11.9 Å². The summed E-state index contributed by atoms with van der Waals surface area (Å²) in [6.07, 6.45) is 0. The minimum Gasteiger partial charge on any atom is -0.322 e. The molecule has 0 aliphatic carbocycles. The summed E-state index contributed by atoms with van der Waals surface area (Å²) in [6.45, 7) is 1.86. The predicted octanol–water partition coefficient (Wildman–Crippen LogP) is 3.06. The van der Waals surface area contributed by atoms with Crippen molar-refractivity contribution in [2.75, 3.05) is 5.32 Å². The van der Waals surface area contributed by atoms with Gasteiger partial charge in [-0.25, -0.2) is 4.39 Å². The van der Waals surface area contributed by atoms with Gasteiger partial charge in [-0.15, -0.1) is 0 Å². The average Bonchev–Trinajstić information content (AvgIpc) is 2.36. The number of hydrogen-bond donors (Lipinski definition) is 1. The fourth-order valence-corrected chi connectivity index (χ4v) is 1.47. The average molecular weight is 266 g/mol. The first-order chi connectivity index (χ1) is 8.97. The Morgan fingerprint density at radius 2 is 1.79 bits per heavy atom. The first-order valence-electron chi connectivity index (χ1n) is 5.37. The zero-order valence-electron chi connectivity index (χ0n) is 9.88. The van der Waals surface area contributed by atoms with Crippen LogP contribution in [0, 0.1) is 24.6 Å². The number of pyridine rings is 1. The van der Waals surface area contributed by atoms with Crippen molar-refractivity contribution in [2.45, 2.75) is 6.92 Å². The van der Waals surface area contributed by atoms with E-state index in [0.29, 0.717) is 11.8 Å². The van der Waals surface area contributed by atoms with Gasteiger partial charge in [0, 0.05) is 11.8 Å². The molecule has 6 heteroatoms. The van der Waals surface area contributed by atoms with Crippen LogP contribution in [0.25, 0.3) is 0 Å². The first-order valence-corrected chi connectivity index (χ1v) is 5.37.